The maximum absolute atomic E-state index is 12.3. The fourth-order valence-corrected chi connectivity index (χ4v) is 3.20. The van der Waals surface area contributed by atoms with E-state index < -0.39 is 12.0 Å². The van der Waals surface area contributed by atoms with Crippen molar-refractivity contribution in [3.05, 3.63) is 29.8 Å². The topological polar surface area (TPSA) is 76.1 Å². The van der Waals surface area contributed by atoms with Gasteiger partial charge in [0.05, 0.1) is 13.2 Å². The highest BCUT2D eigenvalue weighted by Crippen LogP contribution is 2.22. The van der Waals surface area contributed by atoms with Crippen LogP contribution in [0.4, 0.5) is 0 Å². The molecule has 2 unspecified atom stereocenters. The quantitative estimate of drug-likeness (QED) is 0.693. The Morgan fingerprint density at radius 3 is 2.48 bits per heavy atom. The van der Waals surface area contributed by atoms with Crippen LogP contribution < -0.4 is 4.74 Å². The number of benzene rings is 1. The van der Waals surface area contributed by atoms with E-state index in [-0.39, 0.29) is 12.0 Å². The first-order valence-electron chi connectivity index (χ1n) is 8.73. The second-order valence-electron chi connectivity index (χ2n) is 6.40. The Kier molecular flexibility index (Phi) is 7.25. The van der Waals surface area contributed by atoms with Gasteiger partial charge in [-0.3, -0.25) is 4.79 Å². The van der Waals surface area contributed by atoms with Crippen molar-refractivity contribution in [3.63, 3.8) is 0 Å². The summed E-state index contributed by atoms with van der Waals surface area (Å²) < 4.78 is 10.3. The zero-order chi connectivity index (χ0) is 18.2. The number of carbonyl (C=O) groups is 2. The molecule has 1 aromatic carbocycles. The van der Waals surface area contributed by atoms with Crippen LogP contribution >= 0.6 is 0 Å². The summed E-state index contributed by atoms with van der Waals surface area (Å²) in [6.07, 6.45) is 4.26. The zero-order valence-corrected chi connectivity index (χ0v) is 14.9. The van der Waals surface area contributed by atoms with Gasteiger partial charge >= 0.3 is 5.97 Å². The third kappa shape index (κ3) is 5.46. The van der Waals surface area contributed by atoms with Gasteiger partial charge in [0.1, 0.15) is 11.8 Å². The van der Waals surface area contributed by atoms with E-state index in [1.54, 1.807) is 14.2 Å². The molecule has 0 bridgehead atoms. The summed E-state index contributed by atoms with van der Waals surface area (Å²) in [6, 6.07) is 7.25. The molecule has 0 aliphatic carbocycles. The van der Waals surface area contributed by atoms with Gasteiger partial charge in [0, 0.05) is 26.5 Å². The summed E-state index contributed by atoms with van der Waals surface area (Å²) >= 11 is 0. The first kappa shape index (κ1) is 19.2. The largest absolute Gasteiger partial charge is 0.497 e. The van der Waals surface area contributed by atoms with Crippen LogP contribution in [0.1, 0.15) is 37.7 Å². The lowest BCUT2D eigenvalue weighted by atomic mass is 10.1. The van der Waals surface area contributed by atoms with Crippen molar-refractivity contribution in [2.45, 2.75) is 50.7 Å². The van der Waals surface area contributed by atoms with E-state index in [0.717, 1.165) is 31.4 Å². The molecule has 1 saturated heterocycles. The molecule has 1 aromatic rings. The van der Waals surface area contributed by atoms with Crippen molar-refractivity contribution in [2.75, 3.05) is 20.8 Å². The summed E-state index contributed by atoms with van der Waals surface area (Å²) in [6.45, 7) is 0.373. The van der Waals surface area contributed by atoms with Crippen molar-refractivity contribution >= 4 is 11.9 Å². The molecule has 25 heavy (non-hydrogen) atoms. The van der Waals surface area contributed by atoms with E-state index in [1.807, 2.05) is 12.1 Å². The molecule has 1 fully saturated rings. The SMILES string of the molecule is COc1ccc(CCCCCC(=O)N2CC(OC)CC2C(=O)O)cc1. The number of nitrogens with zero attached hydrogens (tertiary/aromatic N) is 1. The molecule has 1 aliphatic rings. The van der Waals surface area contributed by atoms with E-state index >= 15 is 0 Å². The van der Waals surface area contributed by atoms with Gasteiger partial charge in [0.15, 0.2) is 0 Å². The van der Waals surface area contributed by atoms with Crippen LogP contribution in [0, 0.1) is 0 Å². The van der Waals surface area contributed by atoms with E-state index in [0.29, 0.717) is 19.4 Å². The fraction of sp³-hybridized carbons (Fsp3) is 0.579. The van der Waals surface area contributed by atoms with Gasteiger partial charge in [-0.15, -0.1) is 0 Å². The minimum absolute atomic E-state index is 0.0867. The van der Waals surface area contributed by atoms with Gasteiger partial charge in [-0.05, 0) is 37.0 Å². The molecule has 138 valence electrons. The van der Waals surface area contributed by atoms with Crippen LogP contribution in [0.2, 0.25) is 0 Å². The molecule has 2 atom stereocenters. The Balaban J connectivity index is 1.70. The minimum Gasteiger partial charge on any atom is -0.497 e. The monoisotopic (exact) mass is 349 g/mol. The number of rotatable bonds is 9. The Labute approximate surface area is 148 Å². The molecule has 1 amide bonds. The molecule has 6 heteroatoms. The molecule has 0 spiro atoms. The number of unbranched alkanes of at least 4 members (excludes halogenated alkanes) is 2. The minimum atomic E-state index is -0.951. The number of likely N-dealkylation sites (tertiary alicyclic amines) is 1. The number of hydrogen-bond donors (Lipinski definition) is 1. The molecule has 0 saturated carbocycles. The summed E-state index contributed by atoms with van der Waals surface area (Å²) in [4.78, 5) is 25.1. The molecular formula is C19H27NO5. The number of methoxy groups -OCH3 is 2. The maximum Gasteiger partial charge on any atom is 0.326 e. The lowest BCUT2D eigenvalue weighted by Crippen LogP contribution is -2.40. The highest BCUT2D eigenvalue weighted by Gasteiger charge is 2.39. The summed E-state index contributed by atoms with van der Waals surface area (Å²) in [5, 5.41) is 9.26. The van der Waals surface area contributed by atoms with Crippen molar-refractivity contribution in [2.24, 2.45) is 0 Å². The smallest absolute Gasteiger partial charge is 0.326 e. The first-order valence-corrected chi connectivity index (χ1v) is 8.73. The Morgan fingerprint density at radius 2 is 1.88 bits per heavy atom. The zero-order valence-electron chi connectivity index (χ0n) is 14.9. The number of carboxylic acid groups (broad SMARTS) is 1. The third-order valence-electron chi connectivity index (χ3n) is 4.72. The Hall–Kier alpha value is -2.08. The number of amides is 1. The molecule has 1 heterocycles. The van der Waals surface area contributed by atoms with Gasteiger partial charge in [0.25, 0.3) is 0 Å². The van der Waals surface area contributed by atoms with Crippen molar-refractivity contribution in [1.29, 1.82) is 0 Å². The van der Waals surface area contributed by atoms with E-state index in [1.165, 1.54) is 10.5 Å². The summed E-state index contributed by atoms with van der Waals surface area (Å²) in [5.41, 5.74) is 1.25. The van der Waals surface area contributed by atoms with Crippen molar-refractivity contribution < 1.29 is 24.2 Å². The molecule has 0 radical (unpaired) electrons. The van der Waals surface area contributed by atoms with Gasteiger partial charge < -0.3 is 19.5 Å². The maximum atomic E-state index is 12.3. The number of hydrogen-bond acceptors (Lipinski definition) is 4. The van der Waals surface area contributed by atoms with Crippen LogP contribution in [0.25, 0.3) is 0 Å². The van der Waals surface area contributed by atoms with Gasteiger partial charge in [0.2, 0.25) is 5.91 Å². The molecular weight excluding hydrogens is 322 g/mol. The highest BCUT2D eigenvalue weighted by atomic mass is 16.5. The average Bonchev–Trinajstić information content (AvgIpc) is 3.07. The van der Waals surface area contributed by atoms with Gasteiger partial charge in [-0.2, -0.15) is 0 Å². The molecule has 2 rings (SSSR count). The highest BCUT2D eigenvalue weighted by molar-refractivity contribution is 5.84. The number of carboxylic acids is 1. The second-order valence-corrected chi connectivity index (χ2v) is 6.40. The molecule has 6 nitrogen and oxygen atoms in total. The third-order valence-corrected chi connectivity index (χ3v) is 4.72. The molecule has 0 aromatic heterocycles. The lowest BCUT2D eigenvalue weighted by molar-refractivity contribution is -0.148. The average molecular weight is 349 g/mol. The van der Waals surface area contributed by atoms with Crippen molar-refractivity contribution in [3.8, 4) is 5.75 Å². The van der Waals surface area contributed by atoms with Crippen LogP contribution in [0.5, 0.6) is 5.75 Å². The van der Waals surface area contributed by atoms with Gasteiger partial charge in [-0.25, -0.2) is 4.79 Å². The number of ether oxygens (including phenoxy) is 2. The fourth-order valence-electron chi connectivity index (χ4n) is 3.20. The summed E-state index contributed by atoms with van der Waals surface area (Å²) in [5.74, 6) is -0.189. The second kappa shape index (κ2) is 9.42. The van der Waals surface area contributed by atoms with Crippen LogP contribution in [0.15, 0.2) is 24.3 Å². The van der Waals surface area contributed by atoms with E-state index in [2.05, 4.69) is 12.1 Å². The predicted octanol–water partition coefficient (Wildman–Crippen LogP) is 2.50. The Morgan fingerprint density at radius 1 is 1.16 bits per heavy atom. The van der Waals surface area contributed by atoms with E-state index in [4.69, 9.17) is 9.47 Å². The van der Waals surface area contributed by atoms with Gasteiger partial charge in [-0.1, -0.05) is 18.6 Å². The lowest BCUT2D eigenvalue weighted by Gasteiger charge is -2.21. The van der Waals surface area contributed by atoms with Crippen LogP contribution in [-0.2, 0) is 20.7 Å². The Bertz CT molecular complexity index is 572. The van der Waals surface area contributed by atoms with Crippen LogP contribution in [-0.4, -0.2) is 54.8 Å². The number of aliphatic carboxylic acids is 1. The standard InChI is InChI=1S/C19H27NO5/c1-24-15-10-8-14(9-11-15)6-4-3-5-7-18(21)20-13-16(25-2)12-17(20)19(22)23/h8-11,16-17H,3-7,12-13H2,1-2H3,(H,22,23). The van der Waals surface area contributed by atoms with Crippen molar-refractivity contribution in [1.82, 2.24) is 4.90 Å². The predicted molar refractivity (Wildman–Crippen MR) is 93.7 cm³/mol. The number of aryl methyl sites for hydroxylation is 1. The normalized spacial score (nSPS) is 19.8. The number of carbonyl (C=O) groups excluding carboxylic acids is 1. The first-order chi connectivity index (χ1) is 12.0. The molecule has 1 N–H and O–H groups in total. The summed E-state index contributed by atoms with van der Waals surface area (Å²) in [7, 11) is 3.20. The van der Waals surface area contributed by atoms with E-state index in [9.17, 15) is 14.7 Å². The van der Waals surface area contributed by atoms with Crippen LogP contribution in [0.3, 0.4) is 0 Å². The molecule has 1 aliphatic heterocycles.